The molecule has 0 saturated heterocycles. The first-order chi connectivity index (χ1) is 17.6. The lowest BCUT2D eigenvalue weighted by Gasteiger charge is -2.30. The van der Waals surface area contributed by atoms with E-state index in [1.54, 1.807) is 28.4 Å². The van der Waals surface area contributed by atoms with Gasteiger partial charge in [-0.25, -0.2) is 4.79 Å². The van der Waals surface area contributed by atoms with Crippen LogP contribution in [0.4, 0.5) is 5.69 Å². The summed E-state index contributed by atoms with van der Waals surface area (Å²) in [5.41, 5.74) is 4.27. The van der Waals surface area contributed by atoms with E-state index < -0.39 is 0 Å². The number of cyclic esters (lactones) is 1. The number of rotatable bonds is 5. The van der Waals surface area contributed by atoms with E-state index in [1.165, 1.54) is 0 Å². The number of anilines is 1. The third kappa shape index (κ3) is 3.09. The van der Waals surface area contributed by atoms with Crippen molar-refractivity contribution in [3.8, 4) is 23.0 Å². The summed E-state index contributed by atoms with van der Waals surface area (Å²) in [6.45, 7) is 0.204. The van der Waals surface area contributed by atoms with Crippen molar-refractivity contribution in [3.05, 3.63) is 77.0 Å². The zero-order valence-electron chi connectivity index (χ0n) is 20.4. The third-order valence-corrected chi connectivity index (χ3v) is 7.05. The van der Waals surface area contributed by atoms with Crippen LogP contribution in [0.3, 0.4) is 0 Å². The van der Waals surface area contributed by atoms with Gasteiger partial charge in [-0.1, -0.05) is 30.3 Å². The van der Waals surface area contributed by atoms with Crippen LogP contribution in [0, 0.1) is 0 Å². The van der Waals surface area contributed by atoms with Crippen LogP contribution >= 0.6 is 0 Å². The summed E-state index contributed by atoms with van der Waals surface area (Å²) in [5, 5.41) is 7.32. The van der Waals surface area contributed by atoms with E-state index in [4.69, 9.17) is 23.7 Å². The number of fused-ring (bicyclic) bond motifs is 6. The Morgan fingerprint density at radius 1 is 0.750 bits per heavy atom. The highest BCUT2D eigenvalue weighted by Gasteiger charge is 2.40. The monoisotopic (exact) mass is 483 g/mol. The lowest BCUT2D eigenvalue weighted by molar-refractivity contribution is -0.136. The molecule has 0 fully saturated rings. The minimum atomic E-state index is -0.328. The van der Waals surface area contributed by atoms with Crippen LogP contribution in [0.1, 0.15) is 17.0 Å². The van der Waals surface area contributed by atoms with Crippen LogP contribution in [0.15, 0.2) is 65.9 Å². The fraction of sp³-hybridized carbons (Fsp3) is 0.207. The highest BCUT2D eigenvalue weighted by molar-refractivity contribution is 6.19. The van der Waals surface area contributed by atoms with Crippen LogP contribution in [-0.4, -0.2) is 41.0 Å². The van der Waals surface area contributed by atoms with E-state index in [0.717, 1.165) is 44.1 Å². The van der Waals surface area contributed by atoms with E-state index in [2.05, 4.69) is 5.32 Å². The Bertz CT molecular complexity index is 1570. The maximum absolute atomic E-state index is 13.0. The predicted molar refractivity (Wildman–Crippen MR) is 138 cm³/mol. The SMILES string of the molecule is COc1cc2c3c(c4cc(OC)c(OC)cc4c2cc1OC)C(c1ccccc1)C1=C(COC1=O)N3. The van der Waals surface area contributed by atoms with Gasteiger partial charge in [-0.05, 0) is 51.6 Å². The summed E-state index contributed by atoms with van der Waals surface area (Å²) in [6, 6.07) is 17.9. The molecule has 1 N–H and O–H groups in total. The number of hydrogen-bond acceptors (Lipinski definition) is 7. The molecule has 7 heteroatoms. The summed E-state index contributed by atoms with van der Waals surface area (Å²) < 4.78 is 28.1. The van der Waals surface area contributed by atoms with Crippen LogP contribution in [0.2, 0.25) is 0 Å². The predicted octanol–water partition coefficient (Wildman–Crippen LogP) is 5.40. The van der Waals surface area contributed by atoms with Crippen molar-refractivity contribution in [1.82, 2.24) is 0 Å². The van der Waals surface area contributed by atoms with Gasteiger partial charge >= 0.3 is 5.97 Å². The molecule has 1 atom stereocenters. The van der Waals surface area contributed by atoms with Gasteiger partial charge in [0.25, 0.3) is 0 Å². The molecule has 4 aromatic rings. The Morgan fingerprint density at radius 3 is 1.86 bits per heavy atom. The Labute approximate surface area is 208 Å². The van der Waals surface area contributed by atoms with Gasteiger partial charge in [-0.15, -0.1) is 0 Å². The summed E-state index contributed by atoms with van der Waals surface area (Å²) in [4.78, 5) is 13.0. The van der Waals surface area contributed by atoms with Crippen molar-refractivity contribution in [2.75, 3.05) is 40.4 Å². The molecule has 36 heavy (non-hydrogen) atoms. The van der Waals surface area contributed by atoms with Crippen molar-refractivity contribution < 1.29 is 28.5 Å². The molecule has 6 rings (SSSR count). The number of nitrogens with one attached hydrogen (secondary N) is 1. The van der Waals surface area contributed by atoms with Gasteiger partial charge < -0.3 is 29.0 Å². The van der Waals surface area contributed by atoms with Gasteiger partial charge in [0.2, 0.25) is 0 Å². The summed E-state index contributed by atoms with van der Waals surface area (Å²) >= 11 is 0. The maximum atomic E-state index is 13.0. The summed E-state index contributed by atoms with van der Waals surface area (Å²) in [5.74, 6) is 1.82. The van der Waals surface area contributed by atoms with Gasteiger partial charge in [0, 0.05) is 11.3 Å². The molecular weight excluding hydrogens is 458 g/mol. The molecule has 0 bridgehead atoms. The molecule has 7 nitrogen and oxygen atoms in total. The number of esters is 1. The van der Waals surface area contributed by atoms with E-state index >= 15 is 0 Å². The number of hydrogen-bond donors (Lipinski definition) is 1. The molecule has 1 unspecified atom stereocenters. The molecule has 0 aromatic heterocycles. The van der Waals surface area contributed by atoms with Gasteiger partial charge in [0.15, 0.2) is 23.0 Å². The zero-order valence-corrected chi connectivity index (χ0v) is 20.4. The van der Waals surface area contributed by atoms with E-state index in [9.17, 15) is 4.79 Å². The fourth-order valence-electron chi connectivity index (χ4n) is 5.43. The molecule has 2 aliphatic heterocycles. The van der Waals surface area contributed by atoms with Gasteiger partial charge in [0.05, 0.1) is 45.4 Å². The lowest BCUT2D eigenvalue weighted by atomic mass is 9.77. The Morgan fingerprint density at radius 2 is 1.28 bits per heavy atom. The molecule has 2 heterocycles. The number of benzene rings is 4. The number of carbonyl (C=O) groups is 1. The summed E-state index contributed by atoms with van der Waals surface area (Å²) in [7, 11) is 6.48. The second kappa shape index (κ2) is 8.37. The van der Waals surface area contributed by atoms with Crippen LogP contribution in [0.25, 0.3) is 21.5 Å². The smallest absolute Gasteiger partial charge is 0.337 e. The minimum absolute atomic E-state index is 0.204. The zero-order chi connectivity index (χ0) is 25.0. The van der Waals surface area contributed by atoms with Crippen molar-refractivity contribution in [2.24, 2.45) is 0 Å². The minimum Gasteiger partial charge on any atom is -0.493 e. The summed E-state index contributed by atoms with van der Waals surface area (Å²) in [6.07, 6.45) is 0. The van der Waals surface area contributed by atoms with Crippen molar-refractivity contribution in [2.45, 2.75) is 5.92 Å². The quantitative estimate of drug-likeness (QED) is 0.301. The highest BCUT2D eigenvalue weighted by atomic mass is 16.5. The topological polar surface area (TPSA) is 75.2 Å². The number of methoxy groups -OCH3 is 4. The second-order valence-corrected chi connectivity index (χ2v) is 8.73. The van der Waals surface area contributed by atoms with E-state index in [-0.39, 0.29) is 18.5 Å². The molecule has 0 amide bonds. The first-order valence-electron chi connectivity index (χ1n) is 11.6. The van der Waals surface area contributed by atoms with Crippen LogP contribution in [-0.2, 0) is 9.53 Å². The average Bonchev–Trinajstić information content (AvgIpc) is 3.30. The Balaban J connectivity index is 1.81. The molecule has 182 valence electrons. The Kier molecular flexibility index (Phi) is 5.14. The first-order valence-corrected chi connectivity index (χ1v) is 11.6. The molecule has 4 aromatic carbocycles. The largest absolute Gasteiger partial charge is 0.493 e. The van der Waals surface area contributed by atoms with E-state index in [1.807, 2.05) is 54.6 Å². The van der Waals surface area contributed by atoms with Crippen molar-refractivity contribution in [1.29, 1.82) is 0 Å². The third-order valence-electron chi connectivity index (χ3n) is 7.05. The second-order valence-electron chi connectivity index (χ2n) is 8.73. The van der Waals surface area contributed by atoms with Crippen molar-refractivity contribution in [3.63, 3.8) is 0 Å². The normalized spacial score (nSPS) is 16.3. The molecule has 0 radical (unpaired) electrons. The van der Waals surface area contributed by atoms with Gasteiger partial charge in [-0.2, -0.15) is 0 Å². The highest BCUT2D eigenvalue weighted by Crippen LogP contribution is 2.53. The Hall–Kier alpha value is -4.39. The van der Waals surface area contributed by atoms with Crippen molar-refractivity contribution >= 4 is 33.2 Å². The van der Waals surface area contributed by atoms with Crippen LogP contribution in [0.5, 0.6) is 23.0 Å². The average molecular weight is 484 g/mol. The van der Waals surface area contributed by atoms with E-state index in [0.29, 0.717) is 28.6 Å². The number of ether oxygens (including phenoxy) is 5. The molecular formula is C29H25NO6. The van der Waals surface area contributed by atoms with Crippen LogP contribution < -0.4 is 24.3 Å². The first kappa shape index (κ1) is 22.1. The molecule has 0 spiro atoms. The fourth-order valence-corrected chi connectivity index (χ4v) is 5.43. The molecule has 0 aliphatic carbocycles. The van der Waals surface area contributed by atoms with Gasteiger partial charge in [0.1, 0.15) is 6.61 Å². The molecule has 2 aliphatic rings. The van der Waals surface area contributed by atoms with Gasteiger partial charge in [-0.3, -0.25) is 0 Å². The number of carbonyl (C=O) groups excluding carboxylic acids is 1. The standard InChI is InChI=1S/C29H25NO6/c1-32-21-10-16-17-11-22(33-2)24(35-4)13-19(17)28-26(18(16)12-23(21)34-3)25(15-8-6-5-7-9-15)27-20(30-28)14-36-29(27)31/h5-13,25,30H,14H2,1-4H3. The maximum Gasteiger partial charge on any atom is 0.337 e. The lowest BCUT2D eigenvalue weighted by Crippen LogP contribution is -2.20. The molecule has 0 saturated carbocycles.